The third-order valence-electron chi connectivity index (χ3n) is 4.53. The number of nitrogens with two attached hydrogens (primary N) is 1. The van der Waals surface area contributed by atoms with Crippen LogP contribution in [-0.4, -0.2) is 55.1 Å². The van der Waals surface area contributed by atoms with Crippen LogP contribution in [0.3, 0.4) is 0 Å². The van der Waals surface area contributed by atoms with E-state index in [0.717, 1.165) is 19.4 Å². The Morgan fingerprint density at radius 1 is 1.43 bits per heavy atom. The Hall–Kier alpha value is -1.81. The highest BCUT2D eigenvalue weighted by Gasteiger charge is 2.35. The van der Waals surface area contributed by atoms with E-state index in [-0.39, 0.29) is 12.6 Å². The number of hydrogen-bond acceptors (Lipinski definition) is 8. The monoisotopic (exact) mass is 320 g/mol. The maximum atomic E-state index is 9.93. The summed E-state index contributed by atoms with van der Waals surface area (Å²) >= 11 is 0. The van der Waals surface area contributed by atoms with Gasteiger partial charge in [-0.2, -0.15) is 0 Å². The summed E-state index contributed by atoms with van der Waals surface area (Å²) in [6.07, 6.45) is 2.30. The zero-order valence-corrected chi connectivity index (χ0v) is 12.6. The van der Waals surface area contributed by atoms with Crippen LogP contribution < -0.4 is 11.1 Å². The summed E-state index contributed by atoms with van der Waals surface area (Å²) in [5.74, 6) is 1.00. The molecule has 2 aliphatic heterocycles. The van der Waals surface area contributed by atoms with Gasteiger partial charge in [0.1, 0.15) is 23.7 Å². The predicted molar refractivity (Wildman–Crippen MR) is 81.3 cm³/mol. The molecular formula is C14H20N6O3. The minimum Gasteiger partial charge on any atom is -0.394 e. The molecule has 0 aromatic carbocycles. The summed E-state index contributed by atoms with van der Waals surface area (Å²) in [6, 6.07) is 0.102. The highest BCUT2D eigenvalue weighted by atomic mass is 16.5. The van der Waals surface area contributed by atoms with Gasteiger partial charge in [0.15, 0.2) is 11.5 Å². The average molecular weight is 320 g/mol. The zero-order chi connectivity index (χ0) is 16.0. The molecule has 2 aromatic rings. The SMILES string of the molecule is Nc1nc([C@H]2CCCN2)nc2c1ncn2[C@H]1C[C@H](O)[C@@H](CO)O1. The van der Waals surface area contributed by atoms with Crippen molar-refractivity contribution in [2.45, 2.75) is 43.7 Å². The molecule has 2 fully saturated rings. The molecule has 2 aromatic heterocycles. The van der Waals surface area contributed by atoms with Crippen LogP contribution >= 0.6 is 0 Å². The molecule has 5 N–H and O–H groups in total. The zero-order valence-electron chi connectivity index (χ0n) is 12.6. The van der Waals surface area contributed by atoms with Crippen LogP contribution in [0.15, 0.2) is 6.33 Å². The Bertz CT molecular complexity index is 714. The van der Waals surface area contributed by atoms with Gasteiger partial charge < -0.3 is 26.0 Å². The highest BCUT2D eigenvalue weighted by molar-refractivity contribution is 5.81. The summed E-state index contributed by atoms with van der Waals surface area (Å²) in [7, 11) is 0. The quantitative estimate of drug-likeness (QED) is 0.594. The molecule has 4 heterocycles. The largest absolute Gasteiger partial charge is 0.394 e. The number of hydrogen-bond donors (Lipinski definition) is 4. The number of nitrogens with one attached hydrogen (secondary N) is 1. The predicted octanol–water partition coefficient (Wildman–Crippen LogP) is -0.526. The lowest BCUT2D eigenvalue weighted by molar-refractivity contribution is -0.0432. The van der Waals surface area contributed by atoms with Gasteiger partial charge in [0, 0.05) is 6.42 Å². The third-order valence-corrected chi connectivity index (χ3v) is 4.53. The molecule has 2 aliphatic rings. The van der Waals surface area contributed by atoms with Gasteiger partial charge in [0.2, 0.25) is 0 Å². The maximum absolute atomic E-state index is 9.93. The number of anilines is 1. The number of fused-ring (bicyclic) bond motifs is 1. The van der Waals surface area contributed by atoms with Gasteiger partial charge in [-0.1, -0.05) is 0 Å². The fraction of sp³-hybridized carbons (Fsp3) is 0.643. The van der Waals surface area contributed by atoms with E-state index in [2.05, 4.69) is 20.3 Å². The molecule has 2 saturated heterocycles. The lowest BCUT2D eigenvalue weighted by Gasteiger charge is -2.15. The van der Waals surface area contributed by atoms with Crippen LogP contribution in [0.1, 0.15) is 37.4 Å². The van der Waals surface area contributed by atoms with Crippen molar-refractivity contribution in [3.63, 3.8) is 0 Å². The lowest BCUT2D eigenvalue weighted by Crippen LogP contribution is -2.24. The van der Waals surface area contributed by atoms with Gasteiger partial charge in [-0.05, 0) is 19.4 Å². The Morgan fingerprint density at radius 2 is 2.30 bits per heavy atom. The van der Waals surface area contributed by atoms with Crippen molar-refractivity contribution in [2.75, 3.05) is 18.9 Å². The number of nitrogen functional groups attached to an aromatic ring is 1. The van der Waals surface area contributed by atoms with Gasteiger partial charge in [-0.3, -0.25) is 4.57 Å². The number of aliphatic hydroxyl groups is 2. The fourth-order valence-electron chi connectivity index (χ4n) is 3.28. The molecule has 0 spiro atoms. The highest BCUT2D eigenvalue weighted by Crippen LogP contribution is 2.32. The van der Waals surface area contributed by atoms with Crippen molar-refractivity contribution in [2.24, 2.45) is 0 Å². The van der Waals surface area contributed by atoms with E-state index in [4.69, 9.17) is 10.5 Å². The summed E-state index contributed by atoms with van der Waals surface area (Å²) in [6.45, 7) is 0.722. The second kappa shape index (κ2) is 5.68. The van der Waals surface area contributed by atoms with Crippen molar-refractivity contribution < 1.29 is 14.9 Å². The second-order valence-corrected chi connectivity index (χ2v) is 6.05. The second-order valence-electron chi connectivity index (χ2n) is 6.05. The Morgan fingerprint density at radius 3 is 3.00 bits per heavy atom. The van der Waals surface area contributed by atoms with Gasteiger partial charge in [-0.15, -0.1) is 0 Å². The van der Waals surface area contributed by atoms with E-state index in [0.29, 0.717) is 29.2 Å². The Labute approximate surface area is 132 Å². The molecule has 0 bridgehead atoms. The molecule has 0 saturated carbocycles. The fourth-order valence-corrected chi connectivity index (χ4v) is 3.28. The number of aromatic nitrogens is 4. The first kappa shape index (κ1) is 14.8. The molecule has 0 aliphatic carbocycles. The topological polar surface area (TPSA) is 131 Å². The summed E-state index contributed by atoms with van der Waals surface area (Å²) in [4.78, 5) is 13.3. The number of aliphatic hydroxyl groups excluding tert-OH is 2. The summed E-state index contributed by atoms with van der Waals surface area (Å²) < 4.78 is 7.44. The van der Waals surface area contributed by atoms with Crippen LogP contribution in [-0.2, 0) is 4.74 Å². The first-order chi connectivity index (χ1) is 11.2. The van der Waals surface area contributed by atoms with Crippen molar-refractivity contribution in [1.82, 2.24) is 24.8 Å². The molecule has 0 unspecified atom stereocenters. The van der Waals surface area contributed by atoms with Crippen molar-refractivity contribution in [1.29, 1.82) is 0 Å². The van der Waals surface area contributed by atoms with Gasteiger partial charge in [0.05, 0.1) is 25.1 Å². The van der Waals surface area contributed by atoms with Gasteiger partial charge >= 0.3 is 0 Å². The first-order valence-corrected chi connectivity index (χ1v) is 7.85. The molecule has 4 rings (SSSR count). The minimum absolute atomic E-state index is 0.102. The Kier molecular flexibility index (Phi) is 3.64. The van der Waals surface area contributed by atoms with Crippen LogP contribution in [0.5, 0.6) is 0 Å². The average Bonchev–Trinajstić information content (AvgIpc) is 3.25. The van der Waals surface area contributed by atoms with E-state index < -0.39 is 18.4 Å². The smallest absolute Gasteiger partial charge is 0.167 e. The van der Waals surface area contributed by atoms with Crippen LogP contribution in [0.25, 0.3) is 11.2 Å². The molecule has 9 heteroatoms. The Balaban J connectivity index is 1.73. The first-order valence-electron chi connectivity index (χ1n) is 7.85. The molecular weight excluding hydrogens is 300 g/mol. The van der Waals surface area contributed by atoms with E-state index in [9.17, 15) is 10.2 Å². The molecule has 0 radical (unpaired) electrons. The van der Waals surface area contributed by atoms with E-state index >= 15 is 0 Å². The number of nitrogens with zero attached hydrogens (tertiary/aromatic N) is 4. The van der Waals surface area contributed by atoms with Crippen molar-refractivity contribution >= 4 is 17.0 Å². The third kappa shape index (κ3) is 2.45. The minimum atomic E-state index is -0.711. The van der Waals surface area contributed by atoms with E-state index in [1.165, 1.54) is 0 Å². The summed E-state index contributed by atoms with van der Waals surface area (Å²) in [5.41, 5.74) is 7.15. The number of imidazole rings is 1. The number of ether oxygens (including phenoxy) is 1. The number of rotatable bonds is 3. The normalized spacial score (nSPS) is 31.2. The van der Waals surface area contributed by atoms with Crippen LogP contribution in [0.4, 0.5) is 5.82 Å². The molecule has 124 valence electrons. The van der Waals surface area contributed by atoms with Crippen molar-refractivity contribution in [3.05, 3.63) is 12.2 Å². The van der Waals surface area contributed by atoms with Gasteiger partial charge in [-0.25, -0.2) is 15.0 Å². The van der Waals surface area contributed by atoms with Crippen LogP contribution in [0.2, 0.25) is 0 Å². The lowest BCUT2D eigenvalue weighted by atomic mass is 10.2. The van der Waals surface area contributed by atoms with Gasteiger partial charge in [0.25, 0.3) is 0 Å². The standard InChI is InChI=1S/C14H20N6O3/c15-12-11-14(19-13(18-12)7-2-1-3-16-7)20(6-17-11)10-4-8(22)9(5-21)23-10/h6-10,16,21-22H,1-5H2,(H2,15,18,19)/t7-,8+,9-,10-/m1/s1. The summed E-state index contributed by atoms with van der Waals surface area (Å²) in [5, 5.41) is 22.5. The molecule has 23 heavy (non-hydrogen) atoms. The molecule has 4 atom stereocenters. The maximum Gasteiger partial charge on any atom is 0.167 e. The van der Waals surface area contributed by atoms with Crippen LogP contribution in [0, 0.1) is 0 Å². The van der Waals surface area contributed by atoms with E-state index in [1.54, 1.807) is 10.9 Å². The molecule has 0 amide bonds. The van der Waals surface area contributed by atoms with Crippen molar-refractivity contribution in [3.8, 4) is 0 Å². The van der Waals surface area contributed by atoms with E-state index in [1.807, 2.05) is 0 Å². The molecule has 9 nitrogen and oxygen atoms in total.